The van der Waals surface area contributed by atoms with Crippen LogP contribution >= 0.6 is 0 Å². The van der Waals surface area contributed by atoms with E-state index in [1.165, 1.54) is 0 Å². The Morgan fingerprint density at radius 2 is 2.25 bits per heavy atom. The van der Waals surface area contributed by atoms with Gasteiger partial charge in [-0.1, -0.05) is 0 Å². The molecule has 0 aromatic carbocycles. The third-order valence-electron chi connectivity index (χ3n) is 4.07. The van der Waals surface area contributed by atoms with Crippen molar-refractivity contribution in [2.24, 2.45) is 0 Å². The molecule has 1 fully saturated rings. The highest BCUT2D eigenvalue weighted by Crippen LogP contribution is 2.27. The van der Waals surface area contributed by atoms with E-state index in [1.54, 1.807) is 6.92 Å². The third-order valence-corrected chi connectivity index (χ3v) is 4.07. The second-order valence-corrected chi connectivity index (χ2v) is 5.49. The number of rotatable bonds is 3. The topological polar surface area (TPSA) is 68.4 Å². The zero-order valence-corrected chi connectivity index (χ0v) is 11.7. The molecule has 0 spiro atoms. The summed E-state index contributed by atoms with van der Waals surface area (Å²) in [6, 6.07) is 0. The molecule has 5 heteroatoms. The molecular weight excluding hydrogens is 258 g/mol. The Morgan fingerprint density at radius 1 is 1.40 bits per heavy atom. The van der Waals surface area contributed by atoms with E-state index in [0.717, 1.165) is 43.5 Å². The van der Waals surface area contributed by atoms with Crippen LogP contribution in [0, 0.1) is 6.92 Å². The molecule has 1 N–H and O–H groups in total. The number of carbonyl (C=O) groups is 2. The maximum Gasteiger partial charge on any atom is 0.355 e. The van der Waals surface area contributed by atoms with Gasteiger partial charge in [-0.15, -0.1) is 0 Å². The van der Waals surface area contributed by atoms with Gasteiger partial charge in [0, 0.05) is 24.3 Å². The standard InChI is InChI=1S/C15H19NO4/c1-9-13-11(5-2-6-12(13)17)16-14(9)15(18)20-8-10-4-3-7-19-10/h10,16H,2-8H2,1H3. The molecule has 1 unspecified atom stereocenters. The van der Waals surface area contributed by atoms with Crippen LogP contribution in [-0.2, 0) is 15.9 Å². The monoisotopic (exact) mass is 277 g/mol. The Morgan fingerprint density at radius 3 is 2.95 bits per heavy atom. The number of H-pyrrole nitrogens is 1. The first-order valence-electron chi connectivity index (χ1n) is 7.20. The van der Waals surface area contributed by atoms with Gasteiger partial charge >= 0.3 is 5.97 Å². The number of ether oxygens (including phenoxy) is 2. The average Bonchev–Trinajstić information content (AvgIpc) is 3.05. The number of aromatic nitrogens is 1. The molecule has 0 radical (unpaired) electrons. The van der Waals surface area contributed by atoms with Crippen LogP contribution in [0.2, 0.25) is 0 Å². The summed E-state index contributed by atoms with van der Waals surface area (Å²) in [6.07, 6.45) is 4.21. The second kappa shape index (κ2) is 5.40. The first-order valence-corrected chi connectivity index (χ1v) is 7.20. The van der Waals surface area contributed by atoms with Gasteiger partial charge in [0.25, 0.3) is 0 Å². The second-order valence-electron chi connectivity index (χ2n) is 5.49. The maximum atomic E-state index is 12.1. The highest BCUT2D eigenvalue weighted by molar-refractivity contribution is 6.03. The minimum atomic E-state index is -0.389. The van der Waals surface area contributed by atoms with Gasteiger partial charge in [-0.05, 0) is 38.2 Å². The molecule has 3 rings (SSSR count). The van der Waals surface area contributed by atoms with Crippen LogP contribution in [0.25, 0.3) is 0 Å². The van der Waals surface area contributed by atoms with Crippen molar-refractivity contribution in [3.8, 4) is 0 Å². The molecule has 0 amide bonds. The third kappa shape index (κ3) is 2.38. The summed E-state index contributed by atoms with van der Waals surface area (Å²) in [5.41, 5.74) is 2.72. The van der Waals surface area contributed by atoms with Crippen LogP contribution in [0.1, 0.15) is 57.8 Å². The van der Waals surface area contributed by atoms with E-state index < -0.39 is 0 Å². The zero-order valence-electron chi connectivity index (χ0n) is 11.7. The fraction of sp³-hybridized carbons (Fsp3) is 0.600. The molecule has 1 atom stereocenters. The number of hydrogen-bond donors (Lipinski definition) is 1. The molecule has 108 valence electrons. The summed E-state index contributed by atoms with van der Waals surface area (Å²) in [4.78, 5) is 27.1. The van der Waals surface area contributed by atoms with Crippen LogP contribution in [0.4, 0.5) is 0 Å². The van der Waals surface area contributed by atoms with Crippen molar-refractivity contribution in [2.45, 2.75) is 45.1 Å². The number of nitrogens with one attached hydrogen (secondary N) is 1. The molecule has 1 aromatic rings. The lowest BCUT2D eigenvalue weighted by molar-refractivity contribution is 0.0156. The lowest BCUT2D eigenvalue weighted by Gasteiger charge is -2.10. The average molecular weight is 277 g/mol. The van der Waals surface area contributed by atoms with Crippen LogP contribution in [0.15, 0.2) is 0 Å². The fourth-order valence-electron chi connectivity index (χ4n) is 2.99. The lowest BCUT2D eigenvalue weighted by atomic mass is 9.94. The van der Waals surface area contributed by atoms with E-state index in [0.29, 0.717) is 17.7 Å². The van der Waals surface area contributed by atoms with Crippen molar-refractivity contribution in [3.63, 3.8) is 0 Å². The Kier molecular flexibility index (Phi) is 3.61. The number of ketones is 1. The van der Waals surface area contributed by atoms with Crippen molar-refractivity contribution in [2.75, 3.05) is 13.2 Å². The molecule has 1 aliphatic carbocycles. The predicted molar refractivity (Wildman–Crippen MR) is 72.1 cm³/mol. The summed E-state index contributed by atoms with van der Waals surface area (Å²) in [5, 5.41) is 0. The highest BCUT2D eigenvalue weighted by atomic mass is 16.6. The SMILES string of the molecule is Cc1c(C(=O)OCC2CCCO2)[nH]c2c1C(=O)CCC2. The zero-order chi connectivity index (χ0) is 14.1. The minimum absolute atomic E-state index is 0.0190. The largest absolute Gasteiger partial charge is 0.458 e. The number of hydrogen-bond acceptors (Lipinski definition) is 4. The molecule has 0 bridgehead atoms. The van der Waals surface area contributed by atoms with Crippen molar-refractivity contribution < 1.29 is 19.1 Å². The van der Waals surface area contributed by atoms with Crippen LogP contribution in [0.5, 0.6) is 0 Å². The number of aromatic amines is 1. The summed E-state index contributed by atoms with van der Waals surface area (Å²) in [6.45, 7) is 2.84. The summed E-state index contributed by atoms with van der Waals surface area (Å²) in [7, 11) is 0. The van der Waals surface area contributed by atoms with Crippen molar-refractivity contribution in [1.29, 1.82) is 0 Å². The first-order chi connectivity index (χ1) is 9.66. The van der Waals surface area contributed by atoms with Gasteiger partial charge < -0.3 is 14.5 Å². The van der Waals surface area contributed by atoms with Crippen LogP contribution < -0.4 is 0 Å². The fourth-order valence-corrected chi connectivity index (χ4v) is 2.99. The van der Waals surface area contributed by atoms with Crippen molar-refractivity contribution in [3.05, 3.63) is 22.5 Å². The summed E-state index contributed by atoms with van der Waals surface area (Å²) in [5.74, 6) is -0.265. The molecule has 0 saturated carbocycles. The van der Waals surface area contributed by atoms with Crippen molar-refractivity contribution in [1.82, 2.24) is 4.98 Å². The molecule has 1 aromatic heterocycles. The van der Waals surface area contributed by atoms with E-state index >= 15 is 0 Å². The van der Waals surface area contributed by atoms with Gasteiger partial charge in [0.1, 0.15) is 12.3 Å². The number of fused-ring (bicyclic) bond motifs is 1. The lowest BCUT2D eigenvalue weighted by Crippen LogP contribution is -2.18. The Balaban J connectivity index is 1.73. The van der Waals surface area contributed by atoms with Gasteiger partial charge in [-0.3, -0.25) is 4.79 Å². The Labute approximate surface area is 117 Å². The smallest absolute Gasteiger partial charge is 0.355 e. The molecule has 2 aliphatic rings. The van der Waals surface area contributed by atoms with Crippen LogP contribution in [0.3, 0.4) is 0 Å². The van der Waals surface area contributed by atoms with Crippen molar-refractivity contribution >= 4 is 11.8 Å². The number of carbonyl (C=O) groups excluding carboxylic acids is 2. The van der Waals surface area contributed by atoms with Gasteiger partial charge in [0.05, 0.1) is 6.10 Å². The van der Waals surface area contributed by atoms with Gasteiger partial charge in [0.15, 0.2) is 5.78 Å². The molecule has 5 nitrogen and oxygen atoms in total. The first kappa shape index (κ1) is 13.4. The van der Waals surface area contributed by atoms with E-state index in [1.807, 2.05) is 0 Å². The van der Waals surface area contributed by atoms with Crippen LogP contribution in [-0.4, -0.2) is 36.1 Å². The molecule has 1 saturated heterocycles. The number of esters is 1. The number of aryl methyl sites for hydroxylation is 1. The van der Waals surface area contributed by atoms with E-state index in [-0.39, 0.29) is 24.5 Å². The molecule has 2 heterocycles. The normalized spacial score (nSPS) is 21.9. The molecule has 1 aliphatic heterocycles. The highest BCUT2D eigenvalue weighted by Gasteiger charge is 2.27. The van der Waals surface area contributed by atoms with E-state index in [4.69, 9.17) is 9.47 Å². The number of Topliss-reactive ketones (excluding diaryl/α,β-unsaturated/α-hetero) is 1. The quantitative estimate of drug-likeness (QED) is 0.860. The van der Waals surface area contributed by atoms with Gasteiger partial charge in [0.2, 0.25) is 0 Å². The molecule has 20 heavy (non-hydrogen) atoms. The predicted octanol–water partition coefficient (Wildman–Crippen LogP) is 2.18. The summed E-state index contributed by atoms with van der Waals surface area (Å²) >= 11 is 0. The van der Waals surface area contributed by atoms with Gasteiger partial charge in [-0.25, -0.2) is 4.79 Å². The van der Waals surface area contributed by atoms with E-state index in [9.17, 15) is 9.59 Å². The van der Waals surface area contributed by atoms with E-state index in [2.05, 4.69) is 4.98 Å². The Bertz CT molecular complexity index is 540. The Hall–Kier alpha value is -1.62. The summed E-state index contributed by atoms with van der Waals surface area (Å²) < 4.78 is 10.7. The van der Waals surface area contributed by atoms with Gasteiger partial charge in [-0.2, -0.15) is 0 Å². The molecular formula is C15H19NO4. The minimum Gasteiger partial charge on any atom is -0.458 e. The maximum absolute atomic E-state index is 12.1.